The minimum atomic E-state index is -0.444. The Balaban J connectivity index is 1.99. The highest BCUT2D eigenvalue weighted by Crippen LogP contribution is 2.23. The summed E-state index contributed by atoms with van der Waals surface area (Å²) in [6.07, 6.45) is 2.43. The largest absolute Gasteiger partial charge is 0.467 e. The van der Waals surface area contributed by atoms with Crippen LogP contribution in [0.4, 0.5) is 0 Å². The van der Waals surface area contributed by atoms with Gasteiger partial charge in [-0.25, -0.2) is 4.79 Å². The highest BCUT2D eigenvalue weighted by atomic mass is 16.5. The van der Waals surface area contributed by atoms with Crippen molar-refractivity contribution in [2.75, 3.05) is 20.2 Å². The van der Waals surface area contributed by atoms with Crippen molar-refractivity contribution in [3.05, 3.63) is 0 Å². The molecule has 2 aliphatic heterocycles. The summed E-state index contributed by atoms with van der Waals surface area (Å²) in [6, 6.07) is -0.444. The molecule has 0 aromatic heterocycles. The van der Waals surface area contributed by atoms with E-state index >= 15 is 0 Å². The maximum Gasteiger partial charge on any atom is 0.328 e. The fourth-order valence-electron chi connectivity index (χ4n) is 2.59. The zero-order chi connectivity index (χ0) is 13.1. The summed E-state index contributed by atoms with van der Waals surface area (Å²) in [5, 5.41) is 2.69. The summed E-state index contributed by atoms with van der Waals surface area (Å²) in [5.41, 5.74) is 0. The zero-order valence-electron chi connectivity index (χ0n) is 10.5. The van der Waals surface area contributed by atoms with E-state index in [0.717, 1.165) is 6.42 Å². The van der Waals surface area contributed by atoms with Crippen LogP contribution in [0.3, 0.4) is 0 Å². The number of hydrogen-bond donors (Lipinski definition) is 1. The number of hydrogen-bond acceptors (Lipinski definition) is 4. The Labute approximate surface area is 106 Å². The van der Waals surface area contributed by atoms with E-state index in [2.05, 4.69) is 5.32 Å². The fourth-order valence-corrected chi connectivity index (χ4v) is 2.59. The highest BCUT2D eigenvalue weighted by Gasteiger charge is 2.38. The first kappa shape index (κ1) is 12.9. The maximum absolute atomic E-state index is 12.3. The molecule has 0 bridgehead atoms. The zero-order valence-corrected chi connectivity index (χ0v) is 10.5. The van der Waals surface area contributed by atoms with E-state index in [0.29, 0.717) is 32.4 Å². The Morgan fingerprint density at radius 2 is 2.17 bits per heavy atom. The number of nitrogens with one attached hydrogen (secondary N) is 1. The maximum atomic E-state index is 12.3. The van der Waals surface area contributed by atoms with Gasteiger partial charge in [0, 0.05) is 19.5 Å². The molecule has 0 aromatic carbocycles. The third-order valence-corrected chi connectivity index (χ3v) is 3.62. The lowest BCUT2D eigenvalue weighted by Gasteiger charge is -2.29. The fraction of sp³-hybridized carbons (Fsp3) is 0.750. The molecule has 2 rings (SSSR count). The van der Waals surface area contributed by atoms with Gasteiger partial charge in [0.25, 0.3) is 0 Å². The Morgan fingerprint density at radius 1 is 1.39 bits per heavy atom. The smallest absolute Gasteiger partial charge is 0.328 e. The van der Waals surface area contributed by atoms with E-state index in [9.17, 15) is 14.4 Å². The first-order chi connectivity index (χ1) is 8.63. The Morgan fingerprint density at radius 3 is 2.78 bits per heavy atom. The van der Waals surface area contributed by atoms with Crippen LogP contribution in [0.2, 0.25) is 0 Å². The van der Waals surface area contributed by atoms with Crippen LogP contribution in [0.25, 0.3) is 0 Å². The Bertz CT molecular complexity index is 359. The summed E-state index contributed by atoms with van der Waals surface area (Å²) >= 11 is 0. The number of likely N-dealkylation sites (tertiary alicyclic amines) is 1. The van der Waals surface area contributed by atoms with Gasteiger partial charge in [-0.15, -0.1) is 0 Å². The van der Waals surface area contributed by atoms with Gasteiger partial charge in [0.2, 0.25) is 11.8 Å². The van der Waals surface area contributed by atoms with Crippen LogP contribution >= 0.6 is 0 Å². The van der Waals surface area contributed by atoms with Crippen molar-refractivity contribution in [3.8, 4) is 0 Å². The summed E-state index contributed by atoms with van der Waals surface area (Å²) in [6.45, 7) is 0.977. The molecule has 2 aliphatic rings. The van der Waals surface area contributed by atoms with Crippen molar-refractivity contribution in [2.24, 2.45) is 5.92 Å². The standard InChI is InChI=1S/C12H18N2O4/c1-18-12(17)9-3-2-6-14(9)11(16)8-4-5-10(15)13-7-8/h8-9H,2-7H2,1H3,(H,13,15). The molecule has 18 heavy (non-hydrogen) atoms. The molecule has 0 radical (unpaired) electrons. The molecule has 2 saturated heterocycles. The second kappa shape index (κ2) is 5.37. The van der Waals surface area contributed by atoms with Gasteiger partial charge in [0.1, 0.15) is 6.04 Å². The summed E-state index contributed by atoms with van der Waals surface area (Å²) in [4.78, 5) is 36.5. The lowest BCUT2D eigenvalue weighted by molar-refractivity contribution is -0.152. The van der Waals surface area contributed by atoms with Gasteiger partial charge in [0.15, 0.2) is 0 Å². The van der Waals surface area contributed by atoms with Gasteiger partial charge < -0.3 is 15.0 Å². The molecule has 2 atom stereocenters. The van der Waals surface area contributed by atoms with Crippen LogP contribution in [0.15, 0.2) is 0 Å². The Kier molecular flexibility index (Phi) is 3.84. The van der Waals surface area contributed by atoms with E-state index in [4.69, 9.17) is 4.74 Å². The number of carbonyl (C=O) groups excluding carboxylic acids is 3. The van der Waals surface area contributed by atoms with Gasteiger partial charge in [-0.3, -0.25) is 9.59 Å². The molecule has 2 amide bonds. The SMILES string of the molecule is COC(=O)C1CCCN1C(=O)C1CCC(=O)NC1. The monoisotopic (exact) mass is 254 g/mol. The van der Waals surface area contributed by atoms with Crippen molar-refractivity contribution in [1.82, 2.24) is 10.2 Å². The number of esters is 1. The van der Waals surface area contributed by atoms with E-state index < -0.39 is 6.04 Å². The molecule has 6 heteroatoms. The predicted molar refractivity (Wildman–Crippen MR) is 62.5 cm³/mol. The Hall–Kier alpha value is -1.59. The van der Waals surface area contributed by atoms with Gasteiger partial charge in [-0.2, -0.15) is 0 Å². The first-order valence-corrected chi connectivity index (χ1v) is 6.28. The minimum Gasteiger partial charge on any atom is -0.467 e. The lowest BCUT2D eigenvalue weighted by Crippen LogP contribution is -2.48. The number of methoxy groups -OCH3 is 1. The molecule has 0 aromatic rings. The van der Waals surface area contributed by atoms with E-state index in [1.807, 2.05) is 0 Å². The normalized spacial score (nSPS) is 27.8. The molecule has 0 saturated carbocycles. The molecule has 6 nitrogen and oxygen atoms in total. The van der Waals surface area contributed by atoms with Crippen molar-refractivity contribution in [1.29, 1.82) is 0 Å². The van der Waals surface area contributed by atoms with Crippen molar-refractivity contribution >= 4 is 17.8 Å². The van der Waals surface area contributed by atoms with E-state index in [1.165, 1.54) is 7.11 Å². The topological polar surface area (TPSA) is 75.7 Å². The predicted octanol–water partition coefficient (Wildman–Crippen LogP) is -0.323. The minimum absolute atomic E-state index is 0.00927. The van der Waals surface area contributed by atoms with Gasteiger partial charge >= 0.3 is 5.97 Å². The van der Waals surface area contributed by atoms with Crippen LogP contribution in [0.5, 0.6) is 0 Å². The molecule has 2 fully saturated rings. The van der Waals surface area contributed by atoms with Gasteiger partial charge in [0.05, 0.1) is 13.0 Å². The van der Waals surface area contributed by atoms with Gasteiger partial charge in [-0.1, -0.05) is 0 Å². The third-order valence-electron chi connectivity index (χ3n) is 3.62. The number of nitrogens with zero attached hydrogens (tertiary/aromatic N) is 1. The lowest BCUT2D eigenvalue weighted by atomic mass is 9.97. The molecule has 0 aliphatic carbocycles. The van der Waals surface area contributed by atoms with Gasteiger partial charge in [-0.05, 0) is 19.3 Å². The van der Waals surface area contributed by atoms with Crippen molar-refractivity contribution in [2.45, 2.75) is 31.7 Å². The molecular formula is C12H18N2O4. The van der Waals surface area contributed by atoms with Crippen LogP contribution < -0.4 is 5.32 Å². The highest BCUT2D eigenvalue weighted by molar-refractivity contribution is 5.88. The van der Waals surface area contributed by atoms with Crippen LogP contribution in [0, 0.1) is 5.92 Å². The summed E-state index contributed by atoms with van der Waals surface area (Å²) < 4.78 is 4.72. The van der Waals surface area contributed by atoms with E-state index in [1.54, 1.807) is 4.90 Å². The molecule has 1 N–H and O–H groups in total. The van der Waals surface area contributed by atoms with Crippen LogP contribution in [-0.4, -0.2) is 48.9 Å². The molecule has 2 heterocycles. The molecule has 2 unspecified atom stereocenters. The average Bonchev–Trinajstić information content (AvgIpc) is 2.87. The number of ether oxygens (including phenoxy) is 1. The number of rotatable bonds is 2. The second-order valence-corrected chi connectivity index (χ2v) is 4.75. The first-order valence-electron chi connectivity index (χ1n) is 6.28. The summed E-state index contributed by atoms with van der Waals surface area (Å²) in [5.74, 6) is -0.596. The van der Waals surface area contributed by atoms with Crippen molar-refractivity contribution < 1.29 is 19.1 Å². The van der Waals surface area contributed by atoms with E-state index in [-0.39, 0.29) is 23.7 Å². The molecule has 100 valence electrons. The second-order valence-electron chi connectivity index (χ2n) is 4.75. The quantitative estimate of drug-likeness (QED) is 0.685. The average molecular weight is 254 g/mol. The number of amides is 2. The molecule has 0 spiro atoms. The van der Waals surface area contributed by atoms with Crippen molar-refractivity contribution in [3.63, 3.8) is 0 Å². The summed E-state index contributed by atoms with van der Waals surface area (Å²) in [7, 11) is 1.34. The third kappa shape index (κ3) is 2.47. The van der Waals surface area contributed by atoms with Crippen LogP contribution in [-0.2, 0) is 19.1 Å². The number of piperidine rings is 1. The number of carbonyl (C=O) groups is 3. The van der Waals surface area contributed by atoms with Crippen LogP contribution in [0.1, 0.15) is 25.7 Å². The molecular weight excluding hydrogens is 236 g/mol.